The second-order valence-corrected chi connectivity index (χ2v) is 4.59. The molecule has 1 rings (SSSR count). The van der Waals surface area contributed by atoms with Crippen molar-refractivity contribution in [3.05, 3.63) is 28.8 Å². The molecule has 0 bridgehead atoms. The molecular weight excluding hydrogens is 260 g/mol. The zero-order valence-electron chi connectivity index (χ0n) is 9.45. The topological polar surface area (TPSA) is 61.4 Å². The van der Waals surface area contributed by atoms with Crippen molar-refractivity contribution in [2.24, 2.45) is 0 Å². The van der Waals surface area contributed by atoms with Crippen LogP contribution in [0.3, 0.4) is 0 Å². The van der Waals surface area contributed by atoms with Crippen LogP contribution in [0.15, 0.2) is 18.2 Å². The summed E-state index contributed by atoms with van der Waals surface area (Å²) in [7, 11) is 0. The first kappa shape index (κ1) is 13.7. The first-order valence-corrected chi connectivity index (χ1v) is 5.79. The smallest absolute Gasteiger partial charge is 0.337 e. The molecular formula is C11H13ClN2O2S. The van der Waals surface area contributed by atoms with Gasteiger partial charge in [0.25, 0.3) is 0 Å². The maximum absolute atomic E-state index is 11.0. The highest BCUT2D eigenvalue weighted by Crippen LogP contribution is 2.20. The largest absolute Gasteiger partial charge is 0.478 e. The number of rotatable bonds is 3. The van der Waals surface area contributed by atoms with Gasteiger partial charge < -0.3 is 15.7 Å². The number of aromatic carboxylic acids is 1. The first-order valence-electron chi connectivity index (χ1n) is 5.00. The molecule has 4 nitrogen and oxygen atoms in total. The summed E-state index contributed by atoms with van der Waals surface area (Å²) in [6.45, 7) is 3.88. The summed E-state index contributed by atoms with van der Waals surface area (Å²) in [6, 6.07) is 4.74. The average molecular weight is 273 g/mol. The van der Waals surface area contributed by atoms with Gasteiger partial charge in [0.15, 0.2) is 5.11 Å². The van der Waals surface area contributed by atoms with Crippen molar-refractivity contribution in [1.82, 2.24) is 5.32 Å². The Balaban J connectivity index is 2.91. The fraction of sp³-hybridized carbons (Fsp3) is 0.273. The third-order valence-electron chi connectivity index (χ3n) is 1.88. The van der Waals surface area contributed by atoms with E-state index in [1.54, 1.807) is 12.1 Å². The Morgan fingerprint density at radius 3 is 2.65 bits per heavy atom. The Labute approximate surface area is 110 Å². The van der Waals surface area contributed by atoms with Crippen molar-refractivity contribution in [2.75, 3.05) is 5.32 Å². The van der Waals surface area contributed by atoms with Gasteiger partial charge in [0, 0.05) is 11.1 Å². The van der Waals surface area contributed by atoms with E-state index in [0.29, 0.717) is 15.8 Å². The number of hydrogen-bond acceptors (Lipinski definition) is 2. The van der Waals surface area contributed by atoms with Gasteiger partial charge in [0.1, 0.15) is 0 Å². The minimum atomic E-state index is -1.05. The summed E-state index contributed by atoms with van der Waals surface area (Å²) in [5.41, 5.74) is 0.505. The van der Waals surface area contributed by atoms with Crippen LogP contribution in [0.2, 0.25) is 5.02 Å². The van der Waals surface area contributed by atoms with Gasteiger partial charge in [-0.1, -0.05) is 11.6 Å². The number of nitrogens with one attached hydrogen (secondary N) is 2. The molecule has 0 saturated carbocycles. The van der Waals surface area contributed by atoms with Crippen molar-refractivity contribution in [3.8, 4) is 0 Å². The lowest BCUT2D eigenvalue weighted by Crippen LogP contribution is -2.34. The van der Waals surface area contributed by atoms with Gasteiger partial charge in [-0.2, -0.15) is 0 Å². The highest BCUT2D eigenvalue weighted by atomic mass is 35.5. The van der Waals surface area contributed by atoms with Gasteiger partial charge in [0.2, 0.25) is 0 Å². The molecule has 0 aliphatic heterocycles. The molecule has 0 unspecified atom stereocenters. The van der Waals surface area contributed by atoms with Gasteiger partial charge in [-0.05, 0) is 44.3 Å². The monoisotopic (exact) mass is 272 g/mol. The second-order valence-electron chi connectivity index (χ2n) is 3.75. The number of benzene rings is 1. The van der Waals surface area contributed by atoms with E-state index in [1.165, 1.54) is 6.07 Å². The lowest BCUT2D eigenvalue weighted by molar-refractivity contribution is 0.0698. The highest BCUT2D eigenvalue weighted by molar-refractivity contribution is 7.80. The van der Waals surface area contributed by atoms with Gasteiger partial charge >= 0.3 is 5.97 Å². The molecule has 0 aromatic heterocycles. The van der Waals surface area contributed by atoms with E-state index >= 15 is 0 Å². The van der Waals surface area contributed by atoms with Crippen LogP contribution < -0.4 is 10.6 Å². The molecule has 0 atom stereocenters. The predicted octanol–water partition coefficient (Wildman–Crippen LogP) is 2.73. The molecule has 92 valence electrons. The minimum Gasteiger partial charge on any atom is -0.478 e. The Bertz CT molecular complexity index is 449. The van der Waals surface area contributed by atoms with Crippen molar-refractivity contribution >= 4 is 40.6 Å². The van der Waals surface area contributed by atoms with Crippen LogP contribution in [0.5, 0.6) is 0 Å². The zero-order valence-corrected chi connectivity index (χ0v) is 11.0. The van der Waals surface area contributed by atoms with Crippen LogP contribution in [0.4, 0.5) is 5.69 Å². The van der Waals surface area contributed by atoms with Crippen LogP contribution in [0.1, 0.15) is 24.2 Å². The third-order valence-corrected chi connectivity index (χ3v) is 2.34. The Kier molecular flexibility index (Phi) is 4.72. The molecule has 0 saturated heterocycles. The molecule has 0 radical (unpaired) electrons. The molecule has 1 aromatic carbocycles. The summed E-state index contributed by atoms with van der Waals surface area (Å²) in [6.07, 6.45) is 0. The van der Waals surface area contributed by atoms with E-state index in [9.17, 15) is 4.79 Å². The molecule has 0 fully saturated rings. The van der Waals surface area contributed by atoms with E-state index < -0.39 is 5.97 Å². The van der Waals surface area contributed by atoms with E-state index in [1.807, 2.05) is 13.8 Å². The summed E-state index contributed by atoms with van der Waals surface area (Å²) < 4.78 is 0. The summed E-state index contributed by atoms with van der Waals surface area (Å²) in [5.74, 6) is -1.05. The molecule has 0 amide bonds. The number of hydrogen-bond donors (Lipinski definition) is 3. The Hall–Kier alpha value is -1.33. The van der Waals surface area contributed by atoms with Gasteiger partial charge in [-0.15, -0.1) is 0 Å². The van der Waals surface area contributed by atoms with Crippen molar-refractivity contribution in [3.63, 3.8) is 0 Å². The lowest BCUT2D eigenvalue weighted by atomic mass is 10.2. The second kappa shape index (κ2) is 5.84. The third kappa shape index (κ3) is 4.20. The van der Waals surface area contributed by atoms with Crippen LogP contribution in [0.25, 0.3) is 0 Å². The molecule has 0 aliphatic rings. The predicted molar refractivity (Wildman–Crippen MR) is 72.9 cm³/mol. The zero-order chi connectivity index (χ0) is 13.0. The number of anilines is 1. The van der Waals surface area contributed by atoms with Gasteiger partial charge in [-0.3, -0.25) is 0 Å². The number of halogens is 1. The Morgan fingerprint density at radius 1 is 1.47 bits per heavy atom. The number of thiocarbonyl (C=S) groups is 1. The normalized spacial score (nSPS) is 10.1. The first-order chi connectivity index (χ1) is 7.90. The highest BCUT2D eigenvalue weighted by Gasteiger charge is 2.11. The van der Waals surface area contributed by atoms with E-state index in [-0.39, 0.29) is 11.6 Å². The quantitative estimate of drug-likeness (QED) is 0.739. The summed E-state index contributed by atoms with van der Waals surface area (Å²) in [4.78, 5) is 11.0. The molecule has 17 heavy (non-hydrogen) atoms. The average Bonchev–Trinajstić information content (AvgIpc) is 2.19. The van der Waals surface area contributed by atoms with Crippen LogP contribution in [0, 0.1) is 0 Å². The van der Waals surface area contributed by atoms with Crippen molar-refractivity contribution in [2.45, 2.75) is 19.9 Å². The van der Waals surface area contributed by atoms with Gasteiger partial charge in [0.05, 0.1) is 11.3 Å². The fourth-order valence-corrected chi connectivity index (χ4v) is 1.74. The maximum Gasteiger partial charge on any atom is 0.337 e. The van der Waals surface area contributed by atoms with E-state index in [4.69, 9.17) is 28.9 Å². The summed E-state index contributed by atoms with van der Waals surface area (Å²) >= 11 is 10.8. The van der Waals surface area contributed by atoms with E-state index in [0.717, 1.165) is 0 Å². The standard InChI is InChI=1S/C11H13ClN2O2S/c1-6(2)13-11(17)14-9-4-3-7(12)5-8(9)10(15)16/h3-6H,1-2H3,(H,15,16)(H2,13,14,17). The van der Waals surface area contributed by atoms with E-state index in [2.05, 4.69) is 10.6 Å². The van der Waals surface area contributed by atoms with Crippen LogP contribution in [-0.4, -0.2) is 22.2 Å². The van der Waals surface area contributed by atoms with Gasteiger partial charge in [-0.25, -0.2) is 4.79 Å². The number of carboxylic acid groups (broad SMARTS) is 1. The van der Waals surface area contributed by atoms with Crippen molar-refractivity contribution in [1.29, 1.82) is 0 Å². The number of carbonyl (C=O) groups is 1. The molecule has 0 spiro atoms. The molecule has 0 aliphatic carbocycles. The molecule has 3 N–H and O–H groups in total. The lowest BCUT2D eigenvalue weighted by Gasteiger charge is -2.14. The fourth-order valence-electron chi connectivity index (χ4n) is 1.22. The Morgan fingerprint density at radius 2 is 2.12 bits per heavy atom. The minimum absolute atomic E-state index is 0.0883. The number of carboxylic acids is 1. The van der Waals surface area contributed by atoms with Crippen molar-refractivity contribution < 1.29 is 9.90 Å². The van der Waals surface area contributed by atoms with Crippen LogP contribution in [-0.2, 0) is 0 Å². The maximum atomic E-state index is 11.0. The molecule has 0 heterocycles. The SMILES string of the molecule is CC(C)NC(=S)Nc1ccc(Cl)cc1C(=O)O. The molecule has 1 aromatic rings. The summed E-state index contributed by atoms with van der Waals surface area (Å²) in [5, 5.41) is 15.6. The van der Waals surface area contributed by atoms with Crippen LogP contribution >= 0.6 is 23.8 Å². The molecule has 6 heteroatoms.